The predicted octanol–water partition coefficient (Wildman–Crippen LogP) is 2.90. The molecule has 1 aliphatic heterocycles. The summed E-state index contributed by atoms with van der Waals surface area (Å²) >= 11 is 12.4. The first-order chi connectivity index (χ1) is 11.4. The number of nitrogens with one attached hydrogen (secondary N) is 1. The summed E-state index contributed by atoms with van der Waals surface area (Å²) in [6.07, 6.45) is 2.71. The van der Waals surface area contributed by atoms with Gasteiger partial charge in [0.25, 0.3) is 0 Å². The fraction of sp³-hybridized carbons (Fsp3) is 0.529. The number of fused-ring (bicyclic) bond motifs is 1. The van der Waals surface area contributed by atoms with Crippen molar-refractivity contribution in [2.24, 2.45) is 5.73 Å². The van der Waals surface area contributed by atoms with Crippen LogP contribution in [0.3, 0.4) is 0 Å². The van der Waals surface area contributed by atoms with Crippen molar-refractivity contribution < 1.29 is 9.59 Å². The minimum atomic E-state index is -0.656. The molecule has 1 aromatic rings. The highest BCUT2D eigenvalue weighted by Crippen LogP contribution is 2.40. The van der Waals surface area contributed by atoms with Gasteiger partial charge in [-0.2, -0.15) is 0 Å². The molecule has 132 valence electrons. The Morgan fingerprint density at radius 2 is 2.08 bits per heavy atom. The molecule has 1 aliphatic rings. The van der Waals surface area contributed by atoms with E-state index >= 15 is 0 Å². The number of nitrogens with zero attached hydrogens (tertiary/aromatic N) is 1. The Balaban J connectivity index is 2.35. The molecule has 2 amide bonds. The number of hydrogen-bond donors (Lipinski definition) is 2. The Morgan fingerprint density at radius 1 is 1.38 bits per heavy atom. The van der Waals surface area contributed by atoms with E-state index in [2.05, 4.69) is 12.2 Å². The average molecular weight is 372 g/mol. The van der Waals surface area contributed by atoms with Gasteiger partial charge < -0.3 is 11.1 Å². The highest BCUT2D eigenvalue weighted by atomic mass is 35.5. The van der Waals surface area contributed by atoms with E-state index in [0.717, 1.165) is 18.4 Å². The van der Waals surface area contributed by atoms with E-state index in [4.69, 9.17) is 28.9 Å². The molecule has 3 N–H and O–H groups in total. The molecule has 2 atom stereocenters. The topological polar surface area (TPSA) is 75.4 Å². The van der Waals surface area contributed by atoms with Crippen molar-refractivity contribution in [3.8, 4) is 0 Å². The number of hydrogen-bond acceptors (Lipinski definition) is 3. The standard InChI is InChI=1S/C17H23Cl2N3O2/c1-3-5-8-21-16(23)14-9-10-13(7-6-11(18)15(10)19)22(14)17(24)12(20)4-2/h6-7,12,14H,3-5,8-9,20H2,1-2H3,(H,21,23)/t12-,14+/m0/s1. The molecule has 0 aromatic heterocycles. The number of nitrogens with two attached hydrogens (primary N) is 1. The molecule has 1 aromatic carbocycles. The number of rotatable bonds is 6. The van der Waals surface area contributed by atoms with Crippen molar-refractivity contribution in [3.63, 3.8) is 0 Å². The van der Waals surface area contributed by atoms with Gasteiger partial charge in [0.15, 0.2) is 0 Å². The number of carbonyl (C=O) groups is 2. The largest absolute Gasteiger partial charge is 0.354 e. The fourth-order valence-corrected chi connectivity index (χ4v) is 3.21. The van der Waals surface area contributed by atoms with E-state index in [1.807, 2.05) is 6.92 Å². The van der Waals surface area contributed by atoms with Crippen molar-refractivity contribution in [3.05, 3.63) is 27.7 Å². The number of carbonyl (C=O) groups excluding carboxylic acids is 2. The van der Waals surface area contributed by atoms with Crippen molar-refractivity contribution in [1.82, 2.24) is 5.32 Å². The number of anilines is 1. The third-order valence-electron chi connectivity index (χ3n) is 4.27. The predicted molar refractivity (Wildman–Crippen MR) is 97.6 cm³/mol. The van der Waals surface area contributed by atoms with Crippen LogP contribution in [-0.4, -0.2) is 30.4 Å². The molecule has 0 spiro atoms. The quantitative estimate of drug-likeness (QED) is 0.754. The van der Waals surface area contributed by atoms with Gasteiger partial charge in [0, 0.05) is 18.7 Å². The lowest BCUT2D eigenvalue weighted by atomic mass is 10.1. The van der Waals surface area contributed by atoms with E-state index < -0.39 is 12.1 Å². The van der Waals surface area contributed by atoms with Crippen molar-refractivity contribution in [1.29, 1.82) is 0 Å². The van der Waals surface area contributed by atoms with E-state index in [1.54, 1.807) is 12.1 Å². The summed E-state index contributed by atoms with van der Waals surface area (Å²) in [5.74, 6) is -0.464. The van der Waals surface area contributed by atoms with Gasteiger partial charge in [-0.15, -0.1) is 0 Å². The first kappa shape index (κ1) is 19.0. The molecule has 0 aliphatic carbocycles. The zero-order chi connectivity index (χ0) is 17.9. The van der Waals surface area contributed by atoms with Gasteiger partial charge in [-0.05, 0) is 30.5 Å². The number of benzene rings is 1. The lowest BCUT2D eigenvalue weighted by Crippen LogP contribution is -2.53. The fourth-order valence-electron chi connectivity index (χ4n) is 2.80. The van der Waals surface area contributed by atoms with Gasteiger partial charge in [-0.1, -0.05) is 43.5 Å². The maximum absolute atomic E-state index is 12.7. The molecule has 1 heterocycles. The highest BCUT2D eigenvalue weighted by molar-refractivity contribution is 6.43. The third-order valence-corrected chi connectivity index (χ3v) is 5.11. The van der Waals surface area contributed by atoms with Gasteiger partial charge in [-0.3, -0.25) is 14.5 Å². The Labute approximate surface area is 152 Å². The second-order valence-corrected chi connectivity index (χ2v) is 6.73. The summed E-state index contributed by atoms with van der Waals surface area (Å²) in [5.41, 5.74) is 7.26. The number of amides is 2. The van der Waals surface area contributed by atoms with Crippen LogP contribution in [0, 0.1) is 0 Å². The summed E-state index contributed by atoms with van der Waals surface area (Å²) in [5, 5.41) is 3.69. The normalized spacial score (nSPS) is 17.5. The smallest absolute Gasteiger partial charge is 0.244 e. The second kappa shape index (κ2) is 8.19. The van der Waals surface area contributed by atoms with Crippen LogP contribution in [0.15, 0.2) is 12.1 Å². The van der Waals surface area contributed by atoms with Crippen LogP contribution in [0.25, 0.3) is 0 Å². The Morgan fingerprint density at radius 3 is 2.71 bits per heavy atom. The lowest BCUT2D eigenvalue weighted by Gasteiger charge is -2.27. The number of unbranched alkanes of at least 4 members (excludes halogenated alkanes) is 1. The monoisotopic (exact) mass is 371 g/mol. The maximum atomic E-state index is 12.7. The summed E-state index contributed by atoms with van der Waals surface area (Å²) in [7, 11) is 0. The van der Waals surface area contributed by atoms with E-state index in [0.29, 0.717) is 35.1 Å². The van der Waals surface area contributed by atoms with E-state index in [1.165, 1.54) is 4.90 Å². The minimum absolute atomic E-state index is 0.191. The average Bonchev–Trinajstić information content (AvgIpc) is 2.97. The molecule has 0 unspecified atom stereocenters. The zero-order valence-corrected chi connectivity index (χ0v) is 15.5. The molecule has 0 saturated carbocycles. The molecule has 0 radical (unpaired) electrons. The lowest BCUT2D eigenvalue weighted by molar-refractivity contribution is -0.126. The Bertz CT molecular complexity index is 637. The SMILES string of the molecule is CCCCNC(=O)[C@H]1Cc2c(ccc(Cl)c2Cl)N1C(=O)[C@@H](N)CC. The summed E-state index contributed by atoms with van der Waals surface area (Å²) in [6, 6.07) is 2.07. The molecule has 5 nitrogen and oxygen atoms in total. The van der Waals surface area contributed by atoms with Crippen LogP contribution in [-0.2, 0) is 16.0 Å². The molecule has 0 saturated heterocycles. The Kier molecular flexibility index (Phi) is 6.49. The van der Waals surface area contributed by atoms with E-state index in [-0.39, 0.29) is 11.8 Å². The Hall–Kier alpha value is -1.30. The molecule has 7 heteroatoms. The van der Waals surface area contributed by atoms with Gasteiger partial charge in [0.05, 0.1) is 16.1 Å². The molecule has 0 bridgehead atoms. The summed E-state index contributed by atoms with van der Waals surface area (Å²) < 4.78 is 0. The maximum Gasteiger partial charge on any atom is 0.244 e. The number of halogens is 2. The van der Waals surface area contributed by atoms with Crippen LogP contribution in [0.5, 0.6) is 0 Å². The first-order valence-electron chi connectivity index (χ1n) is 8.25. The highest BCUT2D eigenvalue weighted by Gasteiger charge is 2.40. The van der Waals surface area contributed by atoms with Crippen molar-refractivity contribution in [2.75, 3.05) is 11.4 Å². The van der Waals surface area contributed by atoms with Crippen LogP contribution < -0.4 is 16.0 Å². The van der Waals surface area contributed by atoms with Crippen LogP contribution >= 0.6 is 23.2 Å². The van der Waals surface area contributed by atoms with Gasteiger partial charge in [0.1, 0.15) is 6.04 Å². The summed E-state index contributed by atoms with van der Waals surface area (Å²) in [4.78, 5) is 26.8. The van der Waals surface area contributed by atoms with Gasteiger partial charge in [0.2, 0.25) is 11.8 Å². The minimum Gasteiger partial charge on any atom is -0.354 e. The third kappa shape index (κ3) is 3.68. The van der Waals surface area contributed by atoms with Crippen molar-refractivity contribution >= 4 is 40.7 Å². The van der Waals surface area contributed by atoms with Gasteiger partial charge >= 0.3 is 0 Å². The molecule has 2 rings (SSSR count). The van der Waals surface area contributed by atoms with Crippen LogP contribution in [0.4, 0.5) is 5.69 Å². The molecular formula is C17H23Cl2N3O2. The molecular weight excluding hydrogens is 349 g/mol. The van der Waals surface area contributed by atoms with Gasteiger partial charge in [-0.25, -0.2) is 0 Å². The van der Waals surface area contributed by atoms with Crippen LogP contribution in [0.2, 0.25) is 10.0 Å². The zero-order valence-electron chi connectivity index (χ0n) is 13.9. The van der Waals surface area contributed by atoms with E-state index in [9.17, 15) is 9.59 Å². The summed E-state index contributed by atoms with van der Waals surface area (Å²) in [6.45, 7) is 4.47. The van der Waals surface area contributed by atoms with Crippen LogP contribution in [0.1, 0.15) is 38.7 Å². The second-order valence-electron chi connectivity index (χ2n) is 5.95. The molecule has 0 fully saturated rings. The van der Waals surface area contributed by atoms with Crippen molar-refractivity contribution in [2.45, 2.75) is 51.6 Å². The molecule has 24 heavy (non-hydrogen) atoms. The first-order valence-corrected chi connectivity index (χ1v) is 9.01.